The minimum absolute atomic E-state index is 0.432. The van der Waals surface area contributed by atoms with Crippen LogP contribution in [-0.2, 0) is 0 Å². The Kier molecular flexibility index (Phi) is 4.56. The van der Waals surface area contributed by atoms with Gasteiger partial charge in [-0.1, -0.05) is 39.8 Å². The average Bonchev–Trinajstić information content (AvgIpc) is 3.01. The summed E-state index contributed by atoms with van der Waals surface area (Å²) < 4.78 is 2.01. The molecule has 0 aliphatic carbocycles. The van der Waals surface area contributed by atoms with E-state index < -0.39 is 0 Å². The van der Waals surface area contributed by atoms with E-state index in [2.05, 4.69) is 47.0 Å². The topological polar surface area (TPSA) is 43.1 Å². The molecule has 0 unspecified atom stereocenters. The highest BCUT2D eigenvalue weighted by Crippen LogP contribution is 2.21. The van der Waals surface area contributed by atoms with E-state index in [0.29, 0.717) is 11.7 Å². The number of imidazole rings is 1. The molecule has 0 spiro atoms. The predicted molar refractivity (Wildman–Crippen MR) is 99.2 cm³/mol. The number of aromatic nitrogens is 4. The molecule has 3 aromatic heterocycles. The fraction of sp³-hybridized carbons (Fsp3) is 0.250. The number of hydrogen-bond acceptors (Lipinski definition) is 3. The number of pyridine rings is 1. The van der Waals surface area contributed by atoms with Crippen molar-refractivity contribution in [2.45, 2.75) is 33.6 Å². The lowest BCUT2D eigenvalue weighted by atomic mass is 10.1. The van der Waals surface area contributed by atoms with E-state index >= 15 is 0 Å². The van der Waals surface area contributed by atoms with Crippen LogP contribution in [0, 0.1) is 0 Å². The molecular weight excluding hydrogens is 296 g/mol. The Hall–Kier alpha value is -2.75. The molecule has 0 fully saturated rings. The van der Waals surface area contributed by atoms with Crippen LogP contribution in [0.4, 0.5) is 0 Å². The van der Waals surface area contributed by atoms with Crippen LogP contribution in [0.15, 0.2) is 54.9 Å². The molecule has 1 aromatic carbocycles. The van der Waals surface area contributed by atoms with Crippen molar-refractivity contribution < 1.29 is 0 Å². The molecular formula is C20H22N4. The molecule has 3 heterocycles. The summed E-state index contributed by atoms with van der Waals surface area (Å²) in [5, 5.41) is 0. The van der Waals surface area contributed by atoms with Crippen LogP contribution < -0.4 is 0 Å². The van der Waals surface area contributed by atoms with Crippen molar-refractivity contribution in [3.8, 4) is 11.3 Å². The van der Waals surface area contributed by atoms with E-state index in [1.54, 1.807) is 0 Å². The average molecular weight is 318 g/mol. The summed E-state index contributed by atoms with van der Waals surface area (Å²) in [6.07, 6.45) is 3.90. The molecule has 0 radical (unpaired) electrons. The van der Waals surface area contributed by atoms with Gasteiger partial charge < -0.3 is 0 Å². The van der Waals surface area contributed by atoms with Gasteiger partial charge >= 0.3 is 0 Å². The van der Waals surface area contributed by atoms with Crippen molar-refractivity contribution in [3.05, 3.63) is 60.6 Å². The number of nitrogens with zero attached hydrogens (tertiary/aromatic N) is 4. The number of para-hydroxylation sites is 2. The molecule has 0 saturated carbocycles. The van der Waals surface area contributed by atoms with Crippen molar-refractivity contribution in [1.82, 2.24) is 19.4 Å². The van der Waals surface area contributed by atoms with Gasteiger partial charge in [-0.05, 0) is 36.2 Å². The summed E-state index contributed by atoms with van der Waals surface area (Å²) in [6.45, 7) is 8.28. The molecule has 0 aliphatic heterocycles. The lowest BCUT2D eigenvalue weighted by Gasteiger charge is -2.06. The molecule has 0 N–H and O–H groups in total. The third-order valence-corrected chi connectivity index (χ3v) is 3.85. The predicted octanol–water partition coefficient (Wildman–Crippen LogP) is 5.09. The van der Waals surface area contributed by atoms with Gasteiger partial charge in [-0.15, -0.1) is 0 Å². The molecule has 0 aliphatic rings. The first kappa shape index (κ1) is 16.1. The molecule has 0 saturated heterocycles. The minimum atomic E-state index is 0.432. The van der Waals surface area contributed by atoms with E-state index in [1.165, 1.54) is 0 Å². The number of rotatable bonds is 2. The molecule has 4 rings (SSSR count). The van der Waals surface area contributed by atoms with Crippen molar-refractivity contribution >= 4 is 16.8 Å². The van der Waals surface area contributed by atoms with Gasteiger partial charge in [-0.25, -0.2) is 9.97 Å². The minimum Gasteiger partial charge on any atom is -0.284 e. The number of hydrogen-bond donors (Lipinski definition) is 0. The summed E-state index contributed by atoms with van der Waals surface area (Å²) in [4.78, 5) is 13.8. The van der Waals surface area contributed by atoms with E-state index in [4.69, 9.17) is 0 Å². The summed E-state index contributed by atoms with van der Waals surface area (Å²) in [6, 6.07) is 14.2. The normalized spacial score (nSPS) is 10.9. The summed E-state index contributed by atoms with van der Waals surface area (Å²) >= 11 is 0. The third kappa shape index (κ3) is 2.87. The summed E-state index contributed by atoms with van der Waals surface area (Å²) in [7, 11) is 0. The first-order valence-electron chi connectivity index (χ1n) is 8.42. The Morgan fingerprint density at radius 2 is 1.71 bits per heavy atom. The highest BCUT2D eigenvalue weighted by molar-refractivity contribution is 5.79. The number of benzene rings is 1. The zero-order valence-corrected chi connectivity index (χ0v) is 14.6. The van der Waals surface area contributed by atoms with Crippen LogP contribution in [0.3, 0.4) is 0 Å². The SMILES string of the molecule is CC.CC(C)c1ccc(-c2ccn3c(n2)nc2ccccc23)cn1. The zero-order valence-electron chi connectivity index (χ0n) is 14.6. The van der Waals surface area contributed by atoms with Crippen molar-refractivity contribution in [1.29, 1.82) is 0 Å². The second-order valence-electron chi connectivity index (χ2n) is 5.71. The molecule has 0 bridgehead atoms. The van der Waals surface area contributed by atoms with Gasteiger partial charge in [-0.2, -0.15) is 0 Å². The lowest BCUT2D eigenvalue weighted by molar-refractivity contribution is 0.823. The van der Waals surface area contributed by atoms with Gasteiger partial charge in [0.25, 0.3) is 0 Å². The van der Waals surface area contributed by atoms with Crippen LogP contribution in [-0.4, -0.2) is 19.4 Å². The molecule has 4 nitrogen and oxygen atoms in total. The molecule has 122 valence electrons. The van der Waals surface area contributed by atoms with Crippen LogP contribution >= 0.6 is 0 Å². The second-order valence-corrected chi connectivity index (χ2v) is 5.71. The number of fused-ring (bicyclic) bond motifs is 3. The summed E-state index contributed by atoms with van der Waals surface area (Å²) in [5.41, 5.74) is 5.03. The van der Waals surface area contributed by atoms with Gasteiger partial charge in [0.2, 0.25) is 5.78 Å². The first-order chi connectivity index (χ1) is 11.7. The maximum absolute atomic E-state index is 4.67. The van der Waals surface area contributed by atoms with Crippen LogP contribution in [0.2, 0.25) is 0 Å². The van der Waals surface area contributed by atoms with Crippen molar-refractivity contribution in [3.63, 3.8) is 0 Å². The molecule has 24 heavy (non-hydrogen) atoms. The molecule has 0 amide bonds. The zero-order chi connectivity index (χ0) is 17.1. The summed E-state index contributed by atoms with van der Waals surface area (Å²) in [5.74, 6) is 1.15. The highest BCUT2D eigenvalue weighted by Gasteiger charge is 2.08. The van der Waals surface area contributed by atoms with Gasteiger partial charge in [0.15, 0.2) is 0 Å². The third-order valence-electron chi connectivity index (χ3n) is 3.85. The van der Waals surface area contributed by atoms with E-state index in [9.17, 15) is 0 Å². The monoisotopic (exact) mass is 318 g/mol. The standard InChI is InChI=1S/C18H16N4.C2H6/c1-12(2)14-8-7-13(11-19-14)15-9-10-22-17-6-4-3-5-16(17)21-18(22)20-15;1-2/h3-12H,1-2H3;1-2H3. The lowest BCUT2D eigenvalue weighted by Crippen LogP contribution is -1.94. The van der Waals surface area contributed by atoms with Gasteiger partial charge in [0.05, 0.1) is 16.7 Å². The molecule has 4 heteroatoms. The van der Waals surface area contributed by atoms with Gasteiger partial charge in [0.1, 0.15) is 0 Å². The Balaban J connectivity index is 0.000000815. The quantitative estimate of drug-likeness (QED) is 0.517. The van der Waals surface area contributed by atoms with Crippen LogP contribution in [0.5, 0.6) is 0 Å². The maximum atomic E-state index is 4.67. The smallest absolute Gasteiger partial charge is 0.235 e. The Morgan fingerprint density at radius 1 is 0.917 bits per heavy atom. The van der Waals surface area contributed by atoms with Crippen molar-refractivity contribution in [2.24, 2.45) is 0 Å². The van der Waals surface area contributed by atoms with Gasteiger partial charge in [-0.3, -0.25) is 9.38 Å². The second kappa shape index (κ2) is 6.79. The van der Waals surface area contributed by atoms with Gasteiger partial charge in [0, 0.05) is 23.7 Å². The fourth-order valence-electron chi connectivity index (χ4n) is 2.61. The van der Waals surface area contributed by atoms with Crippen LogP contribution in [0.25, 0.3) is 28.1 Å². The Morgan fingerprint density at radius 3 is 2.42 bits per heavy atom. The van der Waals surface area contributed by atoms with Crippen molar-refractivity contribution in [2.75, 3.05) is 0 Å². The first-order valence-corrected chi connectivity index (χ1v) is 8.42. The fourth-order valence-corrected chi connectivity index (χ4v) is 2.61. The molecule has 0 atom stereocenters. The largest absolute Gasteiger partial charge is 0.284 e. The molecule has 4 aromatic rings. The van der Waals surface area contributed by atoms with Crippen LogP contribution in [0.1, 0.15) is 39.3 Å². The van der Waals surface area contributed by atoms with E-state index in [-0.39, 0.29) is 0 Å². The maximum Gasteiger partial charge on any atom is 0.235 e. The highest BCUT2D eigenvalue weighted by atomic mass is 15.1. The Bertz CT molecular complexity index is 952. The van der Waals surface area contributed by atoms with E-state index in [0.717, 1.165) is 28.0 Å². The van der Waals surface area contributed by atoms with E-state index in [1.807, 2.05) is 54.9 Å². The Labute approximate surface area is 142 Å².